The molecule has 1 amide bonds. The van der Waals surface area contributed by atoms with Crippen molar-refractivity contribution in [2.75, 3.05) is 5.32 Å². The SMILES string of the molecule is Cc1ccccc1C(=O)Nc1ccc(Oc2c(C)c(C(=O)O)nn2C)c(S(=O)(=O)NC(C)C)c1. The predicted octanol–water partition coefficient (Wildman–Crippen LogP) is 3.47. The molecule has 2 aromatic carbocycles. The Morgan fingerprint density at radius 2 is 1.79 bits per heavy atom. The fraction of sp³-hybridized carbons (Fsp3) is 0.261. The van der Waals surface area contributed by atoms with E-state index in [0.717, 1.165) is 5.56 Å². The molecule has 0 saturated carbocycles. The van der Waals surface area contributed by atoms with E-state index >= 15 is 0 Å². The minimum absolute atomic E-state index is 0.0509. The Balaban J connectivity index is 2.04. The van der Waals surface area contributed by atoms with Gasteiger partial charge in [-0.2, -0.15) is 5.10 Å². The van der Waals surface area contributed by atoms with E-state index in [9.17, 15) is 23.1 Å². The highest BCUT2D eigenvalue weighted by atomic mass is 32.2. The zero-order valence-corrected chi connectivity index (χ0v) is 20.2. The lowest BCUT2D eigenvalue weighted by atomic mass is 10.1. The van der Waals surface area contributed by atoms with Crippen molar-refractivity contribution >= 4 is 27.6 Å². The summed E-state index contributed by atoms with van der Waals surface area (Å²) >= 11 is 0. The van der Waals surface area contributed by atoms with Crippen LogP contribution in [0.4, 0.5) is 5.69 Å². The van der Waals surface area contributed by atoms with Gasteiger partial charge in [-0.05, 0) is 57.5 Å². The quantitative estimate of drug-likeness (QED) is 0.443. The molecule has 34 heavy (non-hydrogen) atoms. The van der Waals surface area contributed by atoms with Gasteiger partial charge in [0.1, 0.15) is 10.6 Å². The van der Waals surface area contributed by atoms with Crippen LogP contribution in [-0.4, -0.2) is 41.2 Å². The summed E-state index contributed by atoms with van der Waals surface area (Å²) in [5, 5.41) is 15.9. The molecule has 0 spiro atoms. The maximum atomic E-state index is 13.1. The van der Waals surface area contributed by atoms with Crippen LogP contribution in [0.2, 0.25) is 0 Å². The molecule has 3 N–H and O–H groups in total. The van der Waals surface area contributed by atoms with E-state index in [1.54, 1.807) is 39.0 Å². The number of carbonyl (C=O) groups excluding carboxylic acids is 1. The number of aryl methyl sites for hydroxylation is 2. The van der Waals surface area contributed by atoms with Gasteiger partial charge < -0.3 is 15.2 Å². The number of carbonyl (C=O) groups is 2. The van der Waals surface area contributed by atoms with E-state index in [2.05, 4.69) is 15.1 Å². The summed E-state index contributed by atoms with van der Waals surface area (Å²) in [6.07, 6.45) is 0. The Bertz CT molecular complexity index is 1360. The minimum Gasteiger partial charge on any atom is -0.476 e. The second-order valence-corrected chi connectivity index (χ2v) is 9.70. The first-order valence-corrected chi connectivity index (χ1v) is 11.9. The van der Waals surface area contributed by atoms with Gasteiger partial charge in [0.05, 0.1) is 0 Å². The molecule has 10 nitrogen and oxygen atoms in total. The van der Waals surface area contributed by atoms with Crippen LogP contribution >= 0.6 is 0 Å². The molecule has 1 heterocycles. The van der Waals surface area contributed by atoms with Crippen molar-refractivity contribution in [2.24, 2.45) is 7.05 Å². The number of aromatic carboxylic acids is 1. The number of benzene rings is 2. The van der Waals surface area contributed by atoms with Crippen LogP contribution in [0.25, 0.3) is 0 Å². The fourth-order valence-corrected chi connectivity index (χ4v) is 4.75. The number of hydrogen-bond acceptors (Lipinski definition) is 6. The zero-order valence-electron chi connectivity index (χ0n) is 19.4. The number of sulfonamides is 1. The summed E-state index contributed by atoms with van der Waals surface area (Å²) < 4.78 is 35.7. The number of ether oxygens (including phenoxy) is 1. The van der Waals surface area contributed by atoms with Crippen molar-refractivity contribution in [1.82, 2.24) is 14.5 Å². The summed E-state index contributed by atoms with van der Waals surface area (Å²) in [6.45, 7) is 6.66. The summed E-state index contributed by atoms with van der Waals surface area (Å²) in [7, 11) is -2.56. The Labute approximate surface area is 197 Å². The van der Waals surface area contributed by atoms with Crippen LogP contribution in [0.15, 0.2) is 47.4 Å². The lowest BCUT2D eigenvalue weighted by Crippen LogP contribution is -2.30. The number of nitrogens with one attached hydrogen (secondary N) is 2. The topological polar surface area (TPSA) is 140 Å². The van der Waals surface area contributed by atoms with Crippen molar-refractivity contribution in [3.05, 3.63) is 64.8 Å². The molecule has 0 saturated heterocycles. The molecule has 1 aromatic heterocycles. The highest BCUT2D eigenvalue weighted by Crippen LogP contribution is 2.34. The number of carboxylic acids is 1. The summed E-state index contributed by atoms with van der Waals surface area (Å²) in [4.78, 5) is 23.9. The summed E-state index contributed by atoms with van der Waals surface area (Å²) in [6, 6.07) is 10.8. The minimum atomic E-state index is -4.05. The maximum Gasteiger partial charge on any atom is 0.356 e. The Morgan fingerprint density at radius 3 is 2.38 bits per heavy atom. The van der Waals surface area contributed by atoms with Gasteiger partial charge in [-0.25, -0.2) is 22.6 Å². The highest BCUT2D eigenvalue weighted by molar-refractivity contribution is 7.89. The van der Waals surface area contributed by atoms with Crippen LogP contribution in [0.1, 0.15) is 45.8 Å². The van der Waals surface area contributed by atoms with Gasteiger partial charge in [-0.1, -0.05) is 18.2 Å². The molecule has 180 valence electrons. The van der Waals surface area contributed by atoms with E-state index in [-0.39, 0.29) is 39.4 Å². The third-order valence-corrected chi connectivity index (χ3v) is 6.58. The maximum absolute atomic E-state index is 13.1. The van der Waals surface area contributed by atoms with Gasteiger partial charge >= 0.3 is 5.97 Å². The van der Waals surface area contributed by atoms with E-state index in [4.69, 9.17) is 4.74 Å². The van der Waals surface area contributed by atoms with Gasteiger partial charge in [0, 0.05) is 29.9 Å². The molecule has 0 aliphatic carbocycles. The number of carboxylic acid groups (broad SMARTS) is 1. The largest absolute Gasteiger partial charge is 0.476 e. The average Bonchev–Trinajstić information content (AvgIpc) is 3.02. The van der Waals surface area contributed by atoms with Gasteiger partial charge in [0.15, 0.2) is 5.69 Å². The Kier molecular flexibility index (Phi) is 7.08. The van der Waals surface area contributed by atoms with E-state index in [1.165, 1.54) is 36.9 Å². The number of anilines is 1. The van der Waals surface area contributed by atoms with Crippen molar-refractivity contribution in [3.63, 3.8) is 0 Å². The molecule has 11 heteroatoms. The molecule has 0 atom stereocenters. The standard InChI is InChI=1S/C23H26N4O6S/c1-13(2)26-34(31,32)19-12-16(24-21(28)17-9-7-6-8-14(17)3)10-11-18(19)33-22-15(4)20(23(29)30)25-27(22)5/h6-13,26H,1-5H3,(H,24,28)(H,29,30). The Morgan fingerprint density at radius 1 is 1.12 bits per heavy atom. The van der Waals surface area contributed by atoms with Crippen molar-refractivity contribution in [1.29, 1.82) is 0 Å². The van der Waals surface area contributed by atoms with Gasteiger partial charge in [0.25, 0.3) is 5.91 Å². The smallest absolute Gasteiger partial charge is 0.356 e. The number of nitrogens with zero attached hydrogens (tertiary/aromatic N) is 2. The molecule has 3 rings (SSSR count). The number of aromatic nitrogens is 2. The molecule has 0 unspecified atom stereocenters. The summed E-state index contributed by atoms with van der Waals surface area (Å²) in [5.74, 6) is -1.59. The van der Waals surface area contributed by atoms with Crippen LogP contribution in [-0.2, 0) is 17.1 Å². The molecule has 0 fully saturated rings. The van der Waals surface area contributed by atoms with E-state index < -0.39 is 22.0 Å². The van der Waals surface area contributed by atoms with Gasteiger partial charge in [-0.3, -0.25) is 4.79 Å². The molecule has 3 aromatic rings. The molecule has 0 radical (unpaired) electrons. The highest BCUT2D eigenvalue weighted by Gasteiger charge is 2.25. The van der Waals surface area contributed by atoms with Crippen LogP contribution in [0.3, 0.4) is 0 Å². The first kappa shape index (κ1) is 24.9. The first-order valence-electron chi connectivity index (χ1n) is 10.4. The second-order valence-electron chi connectivity index (χ2n) is 8.02. The monoisotopic (exact) mass is 486 g/mol. The van der Waals surface area contributed by atoms with Gasteiger partial charge in [0.2, 0.25) is 15.9 Å². The Hall–Kier alpha value is -3.70. The molecule has 0 bridgehead atoms. The molecule has 0 aliphatic heterocycles. The number of hydrogen-bond donors (Lipinski definition) is 3. The average molecular weight is 487 g/mol. The first-order chi connectivity index (χ1) is 15.9. The lowest BCUT2D eigenvalue weighted by molar-refractivity contribution is 0.0688. The predicted molar refractivity (Wildman–Crippen MR) is 126 cm³/mol. The van der Waals surface area contributed by atoms with Crippen molar-refractivity contribution in [2.45, 2.75) is 38.6 Å². The zero-order chi connectivity index (χ0) is 25.2. The number of rotatable bonds is 8. The van der Waals surface area contributed by atoms with Crippen molar-refractivity contribution in [3.8, 4) is 11.6 Å². The lowest BCUT2D eigenvalue weighted by Gasteiger charge is -2.16. The molecular formula is C23H26N4O6S. The van der Waals surface area contributed by atoms with Crippen LogP contribution in [0, 0.1) is 13.8 Å². The van der Waals surface area contributed by atoms with Crippen molar-refractivity contribution < 1.29 is 27.9 Å². The molecular weight excluding hydrogens is 460 g/mol. The third kappa shape index (κ3) is 5.26. The van der Waals surface area contributed by atoms with Crippen LogP contribution < -0.4 is 14.8 Å². The molecule has 0 aliphatic rings. The van der Waals surface area contributed by atoms with Gasteiger partial charge in [-0.15, -0.1) is 0 Å². The van der Waals surface area contributed by atoms with E-state index in [1.807, 2.05) is 6.07 Å². The fourth-order valence-electron chi connectivity index (χ4n) is 3.34. The second kappa shape index (κ2) is 9.65. The number of amides is 1. The van der Waals surface area contributed by atoms with E-state index in [0.29, 0.717) is 5.56 Å². The summed E-state index contributed by atoms with van der Waals surface area (Å²) in [5.41, 5.74) is 1.52. The third-order valence-electron chi connectivity index (χ3n) is 4.90. The normalized spacial score (nSPS) is 11.5. The van der Waals surface area contributed by atoms with Crippen LogP contribution in [0.5, 0.6) is 11.6 Å².